The molecule has 14 heavy (non-hydrogen) atoms. The molecule has 2 heterocycles. The average molecular weight is 208 g/mol. The molecule has 2 aromatic heterocycles. The molecular weight excluding hydrogens is 200 g/mol. The fraction of sp³-hybridized carbons (Fsp3) is 0.111. The van der Waals surface area contributed by atoms with Gasteiger partial charge in [0.25, 0.3) is 0 Å². The molecule has 0 radical (unpaired) electrons. The van der Waals surface area contributed by atoms with Crippen molar-refractivity contribution in [3.05, 3.63) is 33.6 Å². The second kappa shape index (κ2) is 3.26. The van der Waals surface area contributed by atoms with Gasteiger partial charge in [-0.25, -0.2) is 5.10 Å². The molecule has 5 heteroatoms. The van der Waals surface area contributed by atoms with Crippen molar-refractivity contribution in [3.8, 4) is 5.88 Å². The van der Waals surface area contributed by atoms with E-state index in [2.05, 4.69) is 10.2 Å². The minimum Gasteiger partial charge on any atom is -0.493 e. The topological polar surface area (TPSA) is 66.0 Å². The molecule has 0 unspecified atom stereocenters. The Hall–Kier alpha value is -1.62. The molecule has 2 aromatic rings. The highest BCUT2D eigenvalue weighted by atomic mass is 32.1. The predicted molar refractivity (Wildman–Crippen MR) is 52.7 cm³/mol. The number of aromatic hydroxyl groups is 1. The fourth-order valence-electron chi connectivity index (χ4n) is 1.22. The summed E-state index contributed by atoms with van der Waals surface area (Å²) in [4.78, 5) is 12.4. The molecule has 0 fully saturated rings. The van der Waals surface area contributed by atoms with Crippen LogP contribution in [0.15, 0.2) is 17.5 Å². The van der Waals surface area contributed by atoms with E-state index in [0.717, 1.165) is 0 Å². The minimum absolute atomic E-state index is 0.166. The first-order valence-electron chi connectivity index (χ1n) is 4.02. The Bertz CT molecular complexity index is 440. The molecular formula is C9H8N2O2S. The van der Waals surface area contributed by atoms with Crippen molar-refractivity contribution >= 4 is 17.1 Å². The number of H-pyrrole nitrogens is 1. The molecule has 0 aliphatic carbocycles. The van der Waals surface area contributed by atoms with Gasteiger partial charge in [0.2, 0.25) is 11.7 Å². The second-order valence-electron chi connectivity index (χ2n) is 2.84. The normalized spacial score (nSPS) is 10.4. The van der Waals surface area contributed by atoms with Crippen LogP contribution in [0.2, 0.25) is 0 Å². The van der Waals surface area contributed by atoms with Gasteiger partial charge in [0.15, 0.2) is 0 Å². The van der Waals surface area contributed by atoms with Crippen LogP contribution < -0.4 is 0 Å². The Morgan fingerprint density at radius 3 is 2.93 bits per heavy atom. The lowest BCUT2D eigenvalue weighted by Gasteiger charge is -1.95. The van der Waals surface area contributed by atoms with Crippen LogP contribution in [0.1, 0.15) is 20.9 Å². The molecule has 4 nitrogen and oxygen atoms in total. The van der Waals surface area contributed by atoms with Crippen molar-refractivity contribution in [1.29, 1.82) is 0 Å². The Balaban J connectivity index is 2.46. The predicted octanol–water partition coefficient (Wildman–Crippen LogP) is 1.72. The number of nitrogens with one attached hydrogen (secondary N) is 1. The first-order valence-corrected chi connectivity index (χ1v) is 4.90. The number of aryl methyl sites for hydroxylation is 1. The van der Waals surface area contributed by atoms with Gasteiger partial charge in [0.05, 0.1) is 10.6 Å². The summed E-state index contributed by atoms with van der Waals surface area (Å²) >= 11 is 1.34. The lowest BCUT2D eigenvalue weighted by molar-refractivity contribution is 0.103. The number of aromatic nitrogens is 2. The molecule has 0 aliphatic rings. The van der Waals surface area contributed by atoms with Gasteiger partial charge in [-0.15, -0.1) is 11.3 Å². The summed E-state index contributed by atoms with van der Waals surface area (Å²) < 4.78 is 0. The monoisotopic (exact) mass is 208 g/mol. The molecule has 0 aliphatic heterocycles. The summed E-state index contributed by atoms with van der Waals surface area (Å²) in [6.45, 7) is 1.68. The van der Waals surface area contributed by atoms with E-state index < -0.39 is 0 Å². The third-order valence-corrected chi connectivity index (χ3v) is 2.77. The third kappa shape index (κ3) is 1.31. The number of carbonyl (C=O) groups excluding carboxylic acids is 1. The highest BCUT2D eigenvalue weighted by molar-refractivity contribution is 7.12. The largest absolute Gasteiger partial charge is 0.493 e. The van der Waals surface area contributed by atoms with Crippen molar-refractivity contribution in [1.82, 2.24) is 10.2 Å². The summed E-state index contributed by atoms with van der Waals surface area (Å²) in [5.74, 6) is -0.357. The fourth-order valence-corrected chi connectivity index (χ4v) is 1.89. The number of hydrogen-bond acceptors (Lipinski definition) is 4. The van der Waals surface area contributed by atoms with E-state index in [4.69, 9.17) is 0 Å². The van der Waals surface area contributed by atoms with E-state index in [1.54, 1.807) is 19.1 Å². The first-order chi connectivity index (χ1) is 6.70. The van der Waals surface area contributed by atoms with Crippen LogP contribution in [-0.4, -0.2) is 21.1 Å². The smallest absolute Gasteiger partial charge is 0.218 e. The van der Waals surface area contributed by atoms with Gasteiger partial charge in [-0.3, -0.25) is 4.79 Å². The molecule has 0 amide bonds. The first kappa shape index (κ1) is 8.96. The van der Waals surface area contributed by atoms with Gasteiger partial charge in [-0.05, 0) is 18.4 Å². The molecule has 0 aromatic carbocycles. The lowest BCUT2D eigenvalue weighted by atomic mass is 10.1. The minimum atomic E-state index is -0.191. The maximum atomic E-state index is 11.8. The maximum absolute atomic E-state index is 11.8. The van der Waals surface area contributed by atoms with Crippen LogP contribution in [0.4, 0.5) is 0 Å². The summed E-state index contributed by atoms with van der Waals surface area (Å²) in [6.07, 6.45) is 0. The van der Waals surface area contributed by atoms with Crippen LogP contribution in [-0.2, 0) is 0 Å². The zero-order valence-electron chi connectivity index (χ0n) is 7.44. The molecule has 2 rings (SSSR count). The molecule has 0 saturated heterocycles. The molecule has 0 bridgehead atoms. The summed E-state index contributed by atoms with van der Waals surface area (Å²) in [7, 11) is 0. The summed E-state index contributed by atoms with van der Waals surface area (Å²) in [6, 6.07) is 3.52. The van der Waals surface area contributed by atoms with Crippen LogP contribution in [0.25, 0.3) is 0 Å². The van der Waals surface area contributed by atoms with E-state index in [0.29, 0.717) is 10.6 Å². The van der Waals surface area contributed by atoms with Crippen LogP contribution in [0, 0.1) is 6.92 Å². The number of ketones is 1. The van der Waals surface area contributed by atoms with Crippen molar-refractivity contribution in [2.45, 2.75) is 6.92 Å². The van der Waals surface area contributed by atoms with Crippen LogP contribution in [0.5, 0.6) is 5.88 Å². The Labute approximate surface area is 84.2 Å². The van der Waals surface area contributed by atoms with Crippen molar-refractivity contribution in [3.63, 3.8) is 0 Å². The summed E-state index contributed by atoms with van der Waals surface area (Å²) in [5.41, 5.74) is 0.772. The molecule has 72 valence electrons. The average Bonchev–Trinajstić information content (AvgIpc) is 2.75. The Morgan fingerprint density at radius 2 is 2.43 bits per heavy atom. The number of aromatic amines is 1. The number of thiophene rings is 1. The maximum Gasteiger partial charge on any atom is 0.218 e. The van der Waals surface area contributed by atoms with E-state index in [-0.39, 0.29) is 17.2 Å². The van der Waals surface area contributed by atoms with Crippen molar-refractivity contribution in [2.24, 2.45) is 0 Å². The highest BCUT2D eigenvalue weighted by Gasteiger charge is 2.19. The lowest BCUT2D eigenvalue weighted by Crippen LogP contribution is -1.99. The van der Waals surface area contributed by atoms with Crippen molar-refractivity contribution in [2.75, 3.05) is 0 Å². The molecule has 0 atom stereocenters. The van der Waals surface area contributed by atoms with E-state index in [1.807, 2.05) is 5.38 Å². The Morgan fingerprint density at radius 1 is 1.64 bits per heavy atom. The molecule has 0 saturated carbocycles. The van der Waals surface area contributed by atoms with Crippen LogP contribution >= 0.6 is 11.3 Å². The van der Waals surface area contributed by atoms with E-state index >= 15 is 0 Å². The van der Waals surface area contributed by atoms with E-state index in [9.17, 15) is 9.90 Å². The SMILES string of the molecule is Cc1n[nH]c(O)c1C(=O)c1cccs1. The Kier molecular flexibility index (Phi) is 2.09. The van der Waals surface area contributed by atoms with Gasteiger partial charge in [-0.1, -0.05) is 6.07 Å². The van der Waals surface area contributed by atoms with E-state index in [1.165, 1.54) is 11.3 Å². The second-order valence-corrected chi connectivity index (χ2v) is 3.79. The zero-order valence-corrected chi connectivity index (χ0v) is 8.26. The third-order valence-electron chi connectivity index (χ3n) is 1.90. The van der Waals surface area contributed by atoms with Gasteiger partial charge in [0, 0.05) is 0 Å². The van der Waals surface area contributed by atoms with Gasteiger partial charge in [-0.2, -0.15) is 5.10 Å². The van der Waals surface area contributed by atoms with Crippen LogP contribution in [0.3, 0.4) is 0 Å². The van der Waals surface area contributed by atoms with Gasteiger partial charge >= 0.3 is 0 Å². The molecule has 0 spiro atoms. The van der Waals surface area contributed by atoms with Crippen molar-refractivity contribution < 1.29 is 9.90 Å². The number of carbonyl (C=O) groups is 1. The number of rotatable bonds is 2. The number of nitrogens with zero attached hydrogens (tertiary/aromatic N) is 1. The van der Waals surface area contributed by atoms with Gasteiger partial charge in [0.1, 0.15) is 5.56 Å². The molecule has 2 N–H and O–H groups in total. The quantitative estimate of drug-likeness (QED) is 0.738. The highest BCUT2D eigenvalue weighted by Crippen LogP contribution is 2.22. The summed E-state index contributed by atoms with van der Waals surface area (Å²) in [5, 5.41) is 17.3. The number of hydrogen-bond donors (Lipinski definition) is 2. The zero-order chi connectivity index (χ0) is 10.1. The van der Waals surface area contributed by atoms with Gasteiger partial charge < -0.3 is 5.11 Å². The standard InChI is InChI=1S/C9H8N2O2S/c1-5-7(9(13)11-10-5)8(12)6-3-2-4-14-6/h2-4H,1H3,(H2,10,11,13).